The standard InChI is InChI=1S/C10H15N.CHN/c1-8(2)6-9-4-3-5-10(11)7-9;1-2/h3-5,7-8H,6,11H2,1-2H3;1H. The summed E-state index contributed by atoms with van der Waals surface area (Å²) in [5, 5.41) is 6.50. The molecule has 0 saturated carbocycles. The average molecular weight is 176 g/mol. The topological polar surface area (TPSA) is 49.8 Å². The molecule has 0 spiro atoms. The fraction of sp³-hybridized carbons (Fsp3) is 0.364. The van der Waals surface area contributed by atoms with E-state index in [1.54, 1.807) is 0 Å². The summed E-state index contributed by atoms with van der Waals surface area (Å²) in [5.74, 6) is 0.705. The van der Waals surface area contributed by atoms with Crippen molar-refractivity contribution in [3.05, 3.63) is 29.8 Å². The third-order valence-electron chi connectivity index (χ3n) is 1.59. The minimum absolute atomic E-state index is 0.705. The Balaban J connectivity index is 0.000000671. The van der Waals surface area contributed by atoms with Gasteiger partial charge in [0.05, 0.1) is 0 Å². The first-order valence-electron chi connectivity index (χ1n) is 4.28. The molecule has 1 rings (SSSR count). The lowest BCUT2D eigenvalue weighted by Crippen LogP contribution is -1.94. The number of anilines is 1. The van der Waals surface area contributed by atoms with Gasteiger partial charge in [0.25, 0.3) is 0 Å². The van der Waals surface area contributed by atoms with Gasteiger partial charge in [-0.3, -0.25) is 0 Å². The first kappa shape index (κ1) is 11.5. The lowest BCUT2D eigenvalue weighted by Gasteiger charge is -2.04. The average Bonchev–Trinajstić information content (AvgIpc) is 2.06. The van der Waals surface area contributed by atoms with E-state index in [1.807, 2.05) is 18.2 Å². The van der Waals surface area contributed by atoms with Gasteiger partial charge in [-0.25, -0.2) is 5.26 Å². The van der Waals surface area contributed by atoms with Crippen LogP contribution in [0.5, 0.6) is 0 Å². The second kappa shape index (κ2) is 6.07. The maximum absolute atomic E-state index is 6.50. The van der Waals surface area contributed by atoms with Crippen molar-refractivity contribution in [1.82, 2.24) is 0 Å². The lowest BCUT2D eigenvalue weighted by atomic mass is 10.0. The predicted octanol–water partition coefficient (Wildman–Crippen LogP) is 2.61. The Labute approximate surface area is 80.0 Å². The van der Waals surface area contributed by atoms with Gasteiger partial charge in [-0.2, -0.15) is 0 Å². The minimum atomic E-state index is 0.705. The number of nitriles is 1. The monoisotopic (exact) mass is 176 g/mol. The summed E-state index contributed by atoms with van der Waals surface area (Å²) < 4.78 is 0. The first-order valence-corrected chi connectivity index (χ1v) is 4.28. The summed E-state index contributed by atoms with van der Waals surface area (Å²) in [6, 6.07) is 8.09. The van der Waals surface area contributed by atoms with Crippen LogP contribution in [-0.2, 0) is 6.42 Å². The van der Waals surface area contributed by atoms with Gasteiger partial charge in [0.2, 0.25) is 0 Å². The van der Waals surface area contributed by atoms with Gasteiger partial charge >= 0.3 is 0 Å². The molecule has 0 bridgehead atoms. The van der Waals surface area contributed by atoms with Gasteiger partial charge in [-0.1, -0.05) is 26.0 Å². The van der Waals surface area contributed by atoms with Crippen molar-refractivity contribution < 1.29 is 0 Å². The van der Waals surface area contributed by atoms with Gasteiger partial charge < -0.3 is 5.73 Å². The number of nitrogen functional groups attached to an aromatic ring is 1. The quantitative estimate of drug-likeness (QED) is 0.704. The predicted molar refractivity (Wildman–Crippen MR) is 56.1 cm³/mol. The van der Waals surface area contributed by atoms with Gasteiger partial charge in [0.1, 0.15) is 0 Å². The molecule has 2 N–H and O–H groups in total. The third-order valence-corrected chi connectivity index (χ3v) is 1.59. The highest BCUT2D eigenvalue weighted by molar-refractivity contribution is 5.40. The van der Waals surface area contributed by atoms with Crippen LogP contribution in [0.1, 0.15) is 19.4 Å². The number of hydrogen-bond donors (Lipinski definition) is 1. The molecule has 0 radical (unpaired) electrons. The van der Waals surface area contributed by atoms with E-state index in [0.717, 1.165) is 12.1 Å². The van der Waals surface area contributed by atoms with Gasteiger partial charge in [-0.05, 0) is 30.0 Å². The Morgan fingerprint density at radius 1 is 1.38 bits per heavy atom. The van der Waals surface area contributed by atoms with Crippen molar-refractivity contribution in [2.75, 3.05) is 5.73 Å². The van der Waals surface area contributed by atoms with Crippen molar-refractivity contribution in [2.24, 2.45) is 5.92 Å². The number of rotatable bonds is 2. The van der Waals surface area contributed by atoms with Crippen LogP contribution < -0.4 is 5.73 Å². The Morgan fingerprint density at radius 2 is 2.00 bits per heavy atom. The summed E-state index contributed by atoms with van der Waals surface area (Å²) in [5.41, 5.74) is 7.83. The summed E-state index contributed by atoms with van der Waals surface area (Å²) in [6.45, 7) is 7.92. The Bertz CT molecular complexity index is 264. The van der Waals surface area contributed by atoms with Crippen LogP contribution in [0.4, 0.5) is 5.69 Å². The maximum atomic E-state index is 6.50. The zero-order valence-corrected chi connectivity index (χ0v) is 8.20. The molecule has 0 unspecified atom stereocenters. The van der Waals surface area contributed by atoms with Crippen LogP contribution in [0.15, 0.2) is 24.3 Å². The van der Waals surface area contributed by atoms with Crippen molar-refractivity contribution in [1.29, 1.82) is 5.26 Å². The second-order valence-corrected chi connectivity index (χ2v) is 3.34. The summed E-state index contributed by atoms with van der Waals surface area (Å²) in [7, 11) is 0. The van der Waals surface area contributed by atoms with Gasteiger partial charge in [0, 0.05) is 12.3 Å². The van der Waals surface area contributed by atoms with E-state index in [-0.39, 0.29) is 0 Å². The molecule has 2 heteroatoms. The van der Waals surface area contributed by atoms with Crippen molar-refractivity contribution in [2.45, 2.75) is 20.3 Å². The molecule has 13 heavy (non-hydrogen) atoms. The molecule has 0 amide bonds. The largest absolute Gasteiger partial charge is 0.399 e. The van der Waals surface area contributed by atoms with Crippen LogP contribution >= 0.6 is 0 Å². The van der Waals surface area contributed by atoms with Crippen molar-refractivity contribution in [3.8, 4) is 6.57 Å². The van der Waals surface area contributed by atoms with Gasteiger partial charge in [-0.15, -0.1) is 0 Å². The zero-order chi connectivity index (χ0) is 10.3. The lowest BCUT2D eigenvalue weighted by molar-refractivity contribution is 0.647. The molecule has 0 heterocycles. The highest BCUT2D eigenvalue weighted by Gasteiger charge is 1.96. The molecule has 0 aliphatic heterocycles. The normalized spacial score (nSPS) is 9.00. The molecule has 0 aromatic heterocycles. The van der Waals surface area contributed by atoms with E-state index in [1.165, 1.54) is 5.56 Å². The van der Waals surface area contributed by atoms with E-state index < -0.39 is 0 Å². The van der Waals surface area contributed by atoms with Gasteiger partial charge in [0.15, 0.2) is 0 Å². The Hall–Kier alpha value is -1.49. The van der Waals surface area contributed by atoms with Crippen LogP contribution in [0.3, 0.4) is 0 Å². The molecule has 1 aromatic rings. The van der Waals surface area contributed by atoms with E-state index in [9.17, 15) is 0 Å². The maximum Gasteiger partial charge on any atom is 0.0462 e. The highest BCUT2D eigenvalue weighted by atomic mass is 14.5. The fourth-order valence-corrected chi connectivity index (χ4v) is 1.19. The molecule has 0 aliphatic carbocycles. The number of nitrogens with two attached hydrogens (primary N) is 1. The number of nitrogens with zero attached hydrogens (tertiary/aromatic N) is 1. The molecule has 70 valence electrons. The van der Waals surface area contributed by atoms with E-state index in [2.05, 4.69) is 26.5 Å². The van der Waals surface area contributed by atoms with Crippen LogP contribution in [-0.4, -0.2) is 0 Å². The molecule has 0 aliphatic rings. The first-order chi connectivity index (χ1) is 6.18. The highest BCUT2D eigenvalue weighted by Crippen LogP contribution is 2.10. The van der Waals surface area contributed by atoms with E-state index in [4.69, 9.17) is 11.0 Å². The molecular weight excluding hydrogens is 160 g/mol. The second-order valence-electron chi connectivity index (χ2n) is 3.34. The molecule has 1 aromatic carbocycles. The van der Waals surface area contributed by atoms with Crippen LogP contribution in [0.25, 0.3) is 0 Å². The summed E-state index contributed by atoms with van der Waals surface area (Å²) in [6.07, 6.45) is 1.12. The zero-order valence-electron chi connectivity index (χ0n) is 8.20. The molecule has 2 nitrogen and oxygen atoms in total. The molecule has 0 atom stereocenters. The third kappa shape index (κ3) is 4.86. The molecular formula is C11H16N2. The Morgan fingerprint density at radius 3 is 2.46 bits per heavy atom. The summed E-state index contributed by atoms with van der Waals surface area (Å²) >= 11 is 0. The van der Waals surface area contributed by atoms with E-state index >= 15 is 0 Å². The van der Waals surface area contributed by atoms with E-state index in [0.29, 0.717) is 5.92 Å². The smallest absolute Gasteiger partial charge is 0.0462 e. The van der Waals surface area contributed by atoms with Crippen molar-refractivity contribution in [3.63, 3.8) is 0 Å². The SMILES string of the molecule is C#N.CC(C)Cc1cccc(N)c1. The van der Waals surface area contributed by atoms with Crippen LogP contribution in [0, 0.1) is 17.8 Å². The molecule has 0 saturated heterocycles. The minimum Gasteiger partial charge on any atom is -0.399 e. The Kier molecular flexibility index (Phi) is 5.38. The molecule has 0 fully saturated rings. The van der Waals surface area contributed by atoms with Crippen LogP contribution in [0.2, 0.25) is 0 Å². The fourth-order valence-electron chi connectivity index (χ4n) is 1.19. The number of benzene rings is 1. The van der Waals surface area contributed by atoms with Crippen molar-refractivity contribution >= 4 is 5.69 Å². The summed E-state index contributed by atoms with van der Waals surface area (Å²) in [4.78, 5) is 0. The number of hydrogen-bond acceptors (Lipinski definition) is 2.